The molecule has 27 heavy (non-hydrogen) atoms. The quantitative estimate of drug-likeness (QED) is 0.826. The number of hydrogen-bond donors (Lipinski definition) is 0. The number of amides is 1. The number of nitrogens with zero attached hydrogens (tertiary/aromatic N) is 3. The number of likely N-dealkylation sites (N-methyl/N-ethyl adjacent to an activating group) is 1. The lowest BCUT2D eigenvalue weighted by Crippen LogP contribution is -2.51. The number of likely N-dealkylation sites (tertiary alicyclic amines) is 2. The average molecular weight is 367 g/mol. The van der Waals surface area contributed by atoms with E-state index in [4.69, 9.17) is 4.52 Å². The highest BCUT2D eigenvalue weighted by Crippen LogP contribution is 2.44. The Morgan fingerprint density at radius 2 is 1.93 bits per heavy atom. The van der Waals surface area contributed by atoms with Crippen LogP contribution in [0.15, 0.2) is 40.9 Å². The van der Waals surface area contributed by atoms with E-state index in [-0.39, 0.29) is 17.4 Å². The van der Waals surface area contributed by atoms with Crippen molar-refractivity contribution in [2.45, 2.75) is 50.5 Å². The molecule has 1 amide bonds. The SMILES string of the molecule is CC(C)c1cc(C(=O)N2CCC3(CC2)C[C@H](c2ccccc2)CN3C)on1. The van der Waals surface area contributed by atoms with Crippen molar-refractivity contribution in [2.75, 3.05) is 26.7 Å². The molecule has 5 nitrogen and oxygen atoms in total. The Kier molecular flexibility index (Phi) is 4.81. The molecule has 2 aromatic rings. The molecule has 2 aliphatic rings. The molecule has 144 valence electrons. The predicted molar refractivity (Wildman–Crippen MR) is 105 cm³/mol. The lowest BCUT2D eigenvalue weighted by Gasteiger charge is -2.43. The van der Waals surface area contributed by atoms with Gasteiger partial charge in [-0.1, -0.05) is 49.3 Å². The summed E-state index contributed by atoms with van der Waals surface area (Å²) >= 11 is 0. The summed E-state index contributed by atoms with van der Waals surface area (Å²) in [5, 5.41) is 4.03. The Hall–Kier alpha value is -2.14. The zero-order valence-electron chi connectivity index (χ0n) is 16.5. The third kappa shape index (κ3) is 3.41. The maximum absolute atomic E-state index is 12.8. The summed E-state index contributed by atoms with van der Waals surface area (Å²) < 4.78 is 5.30. The van der Waals surface area contributed by atoms with Crippen LogP contribution in [0.4, 0.5) is 0 Å². The van der Waals surface area contributed by atoms with E-state index in [9.17, 15) is 4.79 Å². The van der Waals surface area contributed by atoms with Crippen LogP contribution in [0.3, 0.4) is 0 Å². The number of aromatic nitrogens is 1. The van der Waals surface area contributed by atoms with Crippen LogP contribution >= 0.6 is 0 Å². The Balaban J connectivity index is 1.41. The molecule has 2 aliphatic heterocycles. The third-order valence-corrected chi connectivity index (χ3v) is 6.51. The Morgan fingerprint density at radius 3 is 2.56 bits per heavy atom. The standard InChI is InChI=1S/C22H29N3O2/c1-16(2)19-13-20(27-23-19)21(26)25-11-9-22(10-12-25)14-18(15-24(22)3)17-7-5-4-6-8-17/h4-8,13,16,18H,9-12,14-15H2,1-3H3/t18-/m0/s1. The summed E-state index contributed by atoms with van der Waals surface area (Å²) in [6.45, 7) is 6.76. The van der Waals surface area contributed by atoms with Crippen LogP contribution in [0.1, 0.15) is 66.8 Å². The molecule has 0 unspecified atom stereocenters. The molecular formula is C22H29N3O2. The van der Waals surface area contributed by atoms with Gasteiger partial charge in [0.05, 0.1) is 5.69 Å². The molecule has 0 radical (unpaired) electrons. The van der Waals surface area contributed by atoms with Crippen molar-refractivity contribution >= 4 is 5.91 Å². The number of benzene rings is 1. The minimum absolute atomic E-state index is 0.0236. The van der Waals surface area contributed by atoms with Crippen LogP contribution in [0, 0.1) is 0 Å². The van der Waals surface area contributed by atoms with Gasteiger partial charge in [0.1, 0.15) is 0 Å². The zero-order valence-corrected chi connectivity index (χ0v) is 16.5. The van der Waals surface area contributed by atoms with E-state index in [1.807, 2.05) is 4.90 Å². The van der Waals surface area contributed by atoms with Crippen LogP contribution in [0.2, 0.25) is 0 Å². The predicted octanol–water partition coefficient (Wildman–Crippen LogP) is 3.89. The van der Waals surface area contributed by atoms with Crippen molar-refractivity contribution < 1.29 is 9.32 Å². The Morgan fingerprint density at radius 1 is 1.22 bits per heavy atom. The fraction of sp³-hybridized carbons (Fsp3) is 0.545. The number of hydrogen-bond acceptors (Lipinski definition) is 4. The largest absolute Gasteiger partial charge is 0.351 e. The highest BCUT2D eigenvalue weighted by molar-refractivity contribution is 5.91. The second-order valence-corrected chi connectivity index (χ2v) is 8.48. The molecule has 5 heteroatoms. The topological polar surface area (TPSA) is 49.6 Å². The van der Waals surface area contributed by atoms with Gasteiger partial charge in [-0.05, 0) is 43.7 Å². The Bertz CT molecular complexity index is 791. The van der Waals surface area contributed by atoms with Crippen molar-refractivity contribution in [3.8, 4) is 0 Å². The number of carbonyl (C=O) groups excluding carboxylic acids is 1. The second-order valence-electron chi connectivity index (χ2n) is 8.48. The van der Waals surface area contributed by atoms with E-state index in [0.717, 1.165) is 38.2 Å². The van der Waals surface area contributed by atoms with Crippen molar-refractivity contribution in [1.82, 2.24) is 15.0 Å². The molecule has 1 spiro atoms. The second kappa shape index (κ2) is 7.12. The fourth-order valence-corrected chi connectivity index (χ4v) is 4.68. The van der Waals surface area contributed by atoms with Gasteiger partial charge in [0.25, 0.3) is 5.91 Å². The summed E-state index contributed by atoms with van der Waals surface area (Å²) in [6.07, 6.45) is 3.21. The minimum Gasteiger partial charge on any atom is -0.351 e. The van der Waals surface area contributed by atoms with Gasteiger partial charge in [0.15, 0.2) is 0 Å². The highest BCUT2D eigenvalue weighted by Gasteiger charge is 2.46. The van der Waals surface area contributed by atoms with Crippen LogP contribution < -0.4 is 0 Å². The average Bonchev–Trinajstić information content (AvgIpc) is 3.29. The Labute approximate surface area is 161 Å². The fourth-order valence-electron chi connectivity index (χ4n) is 4.68. The van der Waals surface area contributed by atoms with Crippen LogP contribution in [-0.2, 0) is 0 Å². The molecule has 0 aliphatic carbocycles. The maximum Gasteiger partial charge on any atom is 0.292 e. The molecular weight excluding hydrogens is 338 g/mol. The van der Waals surface area contributed by atoms with Gasteiger partial charge in [0.2, 0.25) is 5.76 Å². The van der Waals surface area contributed by atoms with Crippen LogP contribution in [0.5, 0.6) is 0 Å². The first kappa shape index (κ1) is 18.2. The van der Waals surface area contributed by atoms with E-state index in [1.165, 1.54) is 12.0 Å². The van der Waals surface area contributed by atoms with Crippen LogP contribution in [-0.4, -0.2) is 53.1 Å². The van der Waals surface area contributed by atoms with E-state index >= 15 is 0 Å². The summed E-state index contributed by atoms with van der Waals surface area (Å²) in [6, 6.07) is 12.6. The van der Waals surface area contributed by atoms with Crippen molar-refractivity contribution in [3.63, 3.8) is 0 Å². The number of piperidine rings is 1. The van der Waals surface area contributed by atoms with Gasteiger partial charge in [-0.25, -0.2) is 0 Å². The first-order valence-electron chi connectivity index (χ1n) is 10.0. The van der Waals surface area contributed by atoms with Crippen molar-refractivity contribution in [2.24, 2.45) is 0 Å². The molecule has 1 aromatic heterocycles. The molecule has 3 heterocycles. The molecule has 1 aromatic carbocycles. The zero-order chi connectivity index (χ0) is 19.0. The van der Waals surface area contributed by atoms with Crippen molar-refractivity contribution in [3.05, 3.63) is 53.4 Å². The number of carbonyl (C=O) groups is 1. The first-order valence-corrected chi connectivity index (χ1v) is 10.0. The van der Waals surface area contributed by atoms with Crippen LogP contribution in [0.25, 0.3) is 0 Å². The normalized spacial score (nSPS) is 22.7. The third-order valence-electron chi connectivity index (χ3n) is 6.51. The molecule has 0 N–H and O–H groups in total. The minimum atomic E-state index is -0.0236. The van der Waals surface area contributed by atoms with Crippen molar-refractivity contribution in [1.29, 1.82) is 0 Å². The molecule has 0 saturated carbocycles. The van der Waals surface area contributed by atoms with Gasteiger partial charge >= 0.3 is 0 Å². The molecule has 2 saturated heterocycles. The van der Waals surface area contributed by atoms with Gasteiger partial charge in [0, 0.05) is 31.2 Å². The smallest absolute Gasteiger partial charge is 0.292 e. The van der Waals surface area contributed by atoms with E-state index in [2.05, 4.69) is 61.3 Å². The summed E-state index contributed by atoms with van der Waals surface area (Å²) in [5.74, 6) is 1.20. The van der Waals surface area contributed by atoms with E-state index in [1.54, 1.807) is 6.07 Å². The number of rotatable bonds is 3. The summed E-state index contributed by atoms with van der Waals surface area (Å²) in [7, 11) is 2.24. The monoisotopic (exact) mass is 367 g/mol. The lowest BCUT2D eigenvalue weighted by atomic mass is 9.81. The van der Waals surface area contributed by atoms with Gasteiger partial charge in [-0.3, -0.25) is 9.69 Å². The van der Waals surface area contributed by atoms with Gasteiger partial charge < -0.3 is 9.42 Å². The molecule has 4 rings (SSSR count). The highest BCUT2D eigenvalue weighted by atomic mass is 16.5. The van der Waals surface area contributed by atoms with E-state index in [0.29, 0.717) is 11.7 Å². The molecule has 0 bridgehead atoms. The van der Waals surface area contributed by atoms with Gasteiger partial charge in [-0.2, -0.15) is 0 Å². The maximum atomic E-state index is 12.8. The van der Waals surface area contributed by atoms with Gasteiger partial charge in [-0.15, -0.1) is 0 Å². The first-order chi connectivity index (χ1) is 13.0. The summed E-state index contributed by atoms with van der Waals surface area (Å²) in [4.78, 5) is 17.2. The molecule has 2 fully saturated rings. The lowest BCUT2D eigenvalue weighted by molar-refractivity contribution is 0.0460. The summed E-state index contributed by atoms with van der Waals surface area (Å²) in [5.41, 5.74) is 2.48. The van der Waals surface area contributed by atoms with E-state index < -0.39 is 0 Å². The molecule has 1 atom stereocenters.